The van der Waals surface area contributed by atoms with E-state index in [1.807, 2.05) is 0 Å². The highest BCUT2D eigenvalue weighted by Crippen LogP contribution is 2.44. The van der Waals surface area contributed by atoms with E-state index >= 15 is 0 Å². The number of piperidine rings is 2. The third-order valence-corrected chi connectivity index (χ3v) is 8.12. The monoisotopic (exact) mass is 419 g/mol. The predicted molar refractivity (Wildman–Crippen MR) is 126 cm³/mol. The van der Waals surface area contributed by atoms with Gasteiger partial charge in [-0.2, -0.15) is 0 Å². The van der Waals surface area contributed by atoms with Gasteiger partial charge in [-0.1, -0.05) is 60.7 Å². The van der Waals surface area contributed by atoms with Gasteiger partial charge in [0, 0.05) is 44.2 Å². The van der Waals surface area contributed by atoms with Crippen LogP contribution in [0.2, 0.25) is 0 Å². The van der Waals surface area contributed by atoms with Gasteiger partial charge in [-0.15, -0.1) is 0 Å². The third kappa shape index (κ3) is 4.73. The van der Waals surface area contributed by atoms with E-state index in [0.717, 1.165) is 45.7 Å². The second-order valence-electron chi connectivity index (χ2n) is 10.1. The molecule has 166 valence electrons. The van der Waals surface area contributed by atoms with Crippen LogP contribution in [0.5, 0.6) is 0 Å². The van der Waals surface area contributed by atoms with Crippen molar-refractivity contribution in [1.29, 1.82) is 0 Å². The fourth-order valence-corrected chi connectivity index (χ4v) is 6.26. The van der Waals surface area contributed by atoms with Crippen LogP contribution < -0.4 is 0 Å². The molecule has 3 aliphatic heterocycles. The molecule has 5 rings (SSSR count). The second-order valence-corrected chi connectivity index (χ2v) is 10.1. The number of aliphatic hydroxyl groups excluding tert-OH is 1. The molecule has 4 heteroatoms. The maximum absolute atomic E-state index is 10.4. The summed E-state index contributed by atoms with van der Waals surface area (Å²) in [5, 5.41) is 10.4. The van der Waals surface area contributed by atoms with E-state index in [0.29, 0.717) is 18.6 Å². The Kier molecular flexibility index (Phi) is 6.42. The first kappa shape index (κ1) is 21.1. The topological polar surface area (TPSA) is 30.0 Å². The van der Waals surface area contributed by atoms with Crippen LogP contribution in [-0.4, -0.2) is 71.7 Å². The Bertz CT molecular complexity index is 821. The number of fused-ring (bicyclic) bond motifs is 1. The molecule has 1 N–H and O–H groups in total. The number of benzene rings is 2. The smallest absolute Gasteiger partial charge is 0.0503 e. The van der Waals surface area contributed by atoms with Crippen LogP contribution in [-0.2, 0) is 13.1 Å². The van der Waals surface area contributed by atoms with Crippen LogP contribution in [0.25, 0.3) is 0 Å². The minimum atomic E-state index is 0.110. The highest BCUT2D eigenvalue weighted by atomic mass is 16.3. The molecule has 2 aromatic carbocycles. The van der Waals surface area contributed by atoms with Gasteiger partial charge < -0.3 is 5.11 Å². The fourth-order valence-electron chi connectivity index (χ4n) is 6.26. The van der Waals surface area contributed by atoms with E-state index in [9.17, 15) is 5.11 Å². The lowest BCUT2D eigenvalue weighted by molar-refractivity contribution is -0.0101. The summed E-state index contributed by atoms with van der Waals surface area (Å²) in [6.07, 6.45) is 3.70. The van der Waals surface area contributed by atoms with Gasteiger partial charge in [-0.25, -0.2) is 0 Å². The van der Waals surface area contributed by atoms with Crippen molar-refractivity contribution in [2.75, 3.05) is 45.9 Å². The van der Waals surface area contributed by atoms with Crippen LogP contribution in [0.4, 0.5) is 0 Å². The molecule has 3 saturated heterocycles. The van der Waals surface area contributed by atoms with Crippen molar-refractivity contribution in [1.82, 2.24) is 14.7 Å². The van der Waals surface area contributed by atoms with Gasteiger partial charge in [0.25, 0.3) is 0 Å². The molecule has 0 radical (unpaired) electrons. The number of aliphatic hydroxyl groups is 1. The zero-order valence-electron chi connectivity index (χ0n) is 18.7. The minimum Gasteiger partial charge on any atom is -0.396 e. The average molecular weight is 420 g/mol. The Hall–Kier alpha value is -1.72. The minimum absolute atomic E-state index is 0.110. The molecule has 0 amide bonds. The van der Waals surface area contributed by atoms with Crippen LogP contribution in [0.3, 0.4) is 0 Å². The summed E-state index contributed by atoms with van der Waals surface area (Å²) in [5.41, 5.74) is 2.92. The summed E-state index contributed by atoms with van der Waals surface area (Å²) in [5.74, 6) is 0.595. The van der Waals surface area contributed by atoms with E-state index < -0.39 is 0 Å². The van der Waals surface area contributed by atoms with Gasteiger partial charge in [-0.3, -0.25) is 14.7 Å². The van der Waals surface area contributed by atoms with Gasteiger partial charge in [0.2, 0.25) is 0 Å². The molecule has 31 heavy (non-hydrogen) atoms. The summed E-state index contributed by atoms with van der Waals surface area (Å²) < 4.78 is 0. The lowest BCUT2D eigenvalue weighted by atomic mass is 9.72. The largest absolute Gasteiger partial charge is 0.396 e. The van der Waals surface area contributed by atoms with Crippen LogP contribution in [0, 0.1) is 11.3 Å². The fraction of sp³-hybridized carbons (Fsp3) is 0.556. The van der Waals surface area contributed by atoms with Gasteiger partial charge >= 0.3 is 0 Å². The lowest BCUT2D eigenvalue weighted by Crippen LogP contribution is -2.54. The molecule has 0 spiro atoms. The zero-order chi connectivity index (χ0) is 21.1. The van der Waals surface area contributed by atoms with Crippen LogP contribution in [0.1, 0.15) is 30.4 Å². The summed E-state index contributed by atoms with van der Waals surface area (Å²) in [6.45, 7) is 9.32. The van der Waals surface area contributed by atoms with E-state index in [1.54, 1.807) is 0 Å². The van der Waals surface area contributed by atoms with Gasteiger partial charge in [0.1, 0.15) is 0 Å². The quantitative estimate of drug-likeness (QED) is 0.777. The van der Waals surface area contributed by atoms with E-state index in [-0.39, 0.29) is 5.41 Å². The van der Waals surface area contributed by atoms with E-state index in [4.69, 9.17) is 0 Å². The van der Waals surface area contributed by atoms with E-state index in [2.05, 4.69) is 75.4 Å². The molecule has 3 aliphatic rings. The molecule has 0 saturated carbocycles. The third-order valence-electron chi connectivity index (χ3n) is 8.12. The van der Waals surface area contributed by atoms with Crippen LogP contribution in [0.15, 0.2) is 60.7 Å². The highest BCUT2D eigenvalue weighted by molar-refractivity contribution is 5.16. The molecular weight excluding hydrogens is 382 g/mol. The van der Waals surface area contributed by atoms with Crippen molar-refractivity contribution in [2.45, 2.75) is 38.4 Å². The zero-order valence-corrected chi connectivity index (χ0v) is 18.7. The molecule has 0 aliphatic carbocycles. The number of nitrogens with zero attached hydrogens (tertiary/aromatic N) is 3. The summed E-state index contributed by atoms with van der Waals surface area (Å²) in [4.78, 5) is 7.97. The second kappa shape index (κ2) is 9.41. The molecule has 2 aromatic rings. The Balaban J connectivity index is 1.15. The molecule has 0 bridgehead atoms. The van der Waals surface area contributed by atoms with Crippen molar-refractivity contribution in [2.24, 2.45) is 11.3 Å². The Morgan fingerprint density at radius 1 is 0.774 bits per heavy atom. The maximum Gasteiger partial charge on any atom is 0.0503 e. The molecule has 3 fully saturated rings. The first-order chi connectivity index (χ1) is 15.2. The highest BCUT2D eigenvalue weighted by Gasteiger charge is 2.49. The standard InChI is InChI=1S/C27H37N3O/c31-22-27-13-16-30(20-25(27)19-29(21-27)18-24-9-5-2-6-10-24)26-11-14-28(15-12-26)17-23-7-3-1-4-8-23/h1-10,25-26,31H,11-22H2/t25-,27-/m0/s1. The Morgan fingerprint density at radius 3 is 2.00 bits per heavy atom. The van der Waals surface area contributed by atoms with Crippen molar-refractivity contribution in [3.8, 4) is 0 Å². The van der Waals surface area contributed by atoms with Gasteiger partial charge in [-0.05, 0) is 55.9 Å². The normalized spacial score (nSPS) is 28.6. The molecule has 3 heterocycles. The number of hydrogen-bond acceptors (Lipinski definition) is 4. The number of likely N-dealkylation sites (tertiary alicyclic amines) is 3. The SMILES string of the molecule is OC[C@@]12CCN(C3CCN(Cc4ccccc4)CC3)C[C@@H]1CN(Cc1ccccc1)C2. The molecular formula is C27H37N3O. The molecule has 2 atom stereocenters. The molecule has 4 nitrogen and oxygen atoms in total. The Labute approximate surface area is 187 Å². The van der Waals surface area contributed by atoms with Gasteiger partial charge in [0.15, 0.2) is 0 Å². The molecule has 0 unspecified atom stereocenters. The first-order valence-electron chi connectivity index (χ1n) is 12.1. The summed E-state index contributed by atoms with van der Waals surface area (Å²) in [7, 11) is 0. The number of rotatable bonds is 6. The molecule has 0 aromatic heterocycles. The lowest BCUT2D eigenvalue weighted by Gasteiger charge is -2.47. The number of hydrogen-bond donors (Lipinski definition) is 1. The maximum atomic E-state index is 10.4. The van der Waals surface area contributed by atoms with Crippen molar-refractivity contribution in [3.05, 3.63) is 71.8 Å². The van der Waals surface area contributed by atoms with Crippen molar-refractivity contribution in [3.63, 3.8) is 0 Å². The Morgan fingerprint density at radius 2 is 1.39 bits per heavy atom. The predicted octanol–water partition coefficient (Wildman–Crippen LogP) is 3.47. The summed E-state index contributed by atoms with van der Waals surface area (Å²) in [6, 6.07) is 22.4. The van der Waals surface area contributed by atoms with Gasteiger partial charge in [0.05, 0.1) is 6.61 Å². The van der Waals surface area contributed by atoms with Crippen molar-refractivity contribution < 1.29 is 5.11 Å². The average Bonchev–Trinajstić information content (AvgIpc) is 3.18. The van der Waals surface area contributed by atoms with Crippen LogP contribution >= 0.6 is 0 Å². The van der Waals surface area contributed by atoms with Crippen molar-refractivity contribution >= 4 is 0 Å². The van der Waals surface area contributed by atoms with E-state index in [1.165, 1.54) is 37.1 Å². The summed E-state index contributed by atoms with van der Waals surface area (Å²) >= 11 is 0. The first-order valence-corrected chi connectivity index (χ1v) is 12.1.